The third-order valence-electron chi connectivity index (χ3n) is 2.86. The third-order valence-corrected chi connectivity index (χ3v) is 4.70. The number of hydrogen-bond donors (Lipinski definition) is 0. The van der Waals surface area contributed by atoms with Crippen molar-refractivity contribution >= 4 is 35.7 Å². The number of aryl methyl sites for hydroxylation is 1. The second-order valence-electron chi connectivity index (χ2n) is 4.39. The molecule has 0 heterocycles. The van der Waals surface area contributed by atoms with Crippen LogP contribution in [0.1, 0.15) is 11.1 Å². The highest BCUT2D eigenvalue weighted by Crippen LogP contribution is 2.30. The summed E-state index contributed by atoms with van der Waals surface area (Å²) >= 11 is 3.18. The molecule has 2 rings (SSSR count). The maximum absolute atomic E-state index is 13.2. The van der Waals surface area contributed by atoms with Crippen molar-refractivity contribution in [1.82, 2.24) is 0 Å². The molecule has 0 bridgehead atoms. The molecule has 3 nitrogen and oxygen atoms in total. The quantitative estimate of drug-likeness (QED) is 0.723. The van der Waals surface area contributed by atoms with E-state index in [0.717, 1.165) is 5.56 Å². The lowest BCUT2D eigenvalue weighted by molar-refractivity contribution is 0.296. The molecule has 0 saturated heterocycles. The van der Waals surface area contributed by atoms with Crippen molar-refractivity contribution < 1.29 is 17.5 Å². The summed E-state index contributed by atoms with van der Waals surface area (Å²) in [7, 11) is 1.45. The van der Waals surface area contributed by atoms with E-state index in [4.69, 9.17) is 15.4 Å². The number of benzene rings is 2. The minimum absolute atomic E-state index is 0.0463. The molecule has 0 spiro atoms. The van der Waals surface area contributed by atoms with E-state index in [0.29, 0.717) is 10.0 Å². The average Bonchev–Trinajstić information content (AvgIpc) is 2.40. The van der Waals surface area contributed by atoms with Crippen LogP contribution in [0.15, 0.2) is 45.8 Å². The summed E-state index contributed by atoms with van der Waals surface area (Å²) in [6, 6.07) is 8.83. The maximum atomic E-state index is 13.2. The standard InChI is InChI=1S/C14H11BrClFO3S/c1-9-2-4-12(17)6-10(9)8-20-13-5-3-11(15)7-14(13)21(16,18)19/h2-7H,8H2,1H3. The topological polar surface area (TPSA) is 43.4 Å². The van der Waals surface area contributed by atoms with Gasteiger partial charge in [-0.25, -0.2) is 12.8 Å². The van der Waals surface area contributed by atoms with Gasteiger partial charge in [0.15, 0.2) is 0 Å². The van der Waals surface area contributed by atoms with Crippen LogP contribution in [0.2, 0.25) is 0 Å². The predicted octanol–water partition coefficient (Wildman–Crippen LogP) is 4.40. The van der Waals surface area contributed by atoms with E-state index in [1.807, 2.05) is 6.92 Å². The van der Waals surface area contributed by atoms with E-state index >= 15 is 0 Å². The molecule has 0 aliphatic carbocycles. The normalized spacial score (nSPS) is 11.4. The van der Waals surface area contributed by atoms with Crippen molar-refractivity contribution in [1.29, 1.82) is 0 Å². The van der Waals surface area contributed by atoms with Gasteiger partial charge in [-0.05, 0) is 48.4 Å². The highest BCUT2D eigenvalue weighted by molar-refractivity contribution is 9.10. The molecule has 7 heteroatoms. The zero-order valence-corrected chi connectivity index (χ0v) is 14.1. The summed E-state index contributed by atoms with van der Waals surface area (Å²) in [5.41, 5.74) is 1.49. The van der Waals surface area contributed by atoms with Gasteiger partial charge in [-0.2, -0.15) is 0 Å². The minimum atomic E-state index is -3.94. The number of halogens is 3. The Morgan fingerprint density at radius 2 is 1.95 bits per heavy atom. The van der Waals surface area contributed by atoms with E-state index in [-0.39, 0.29) is 23.1 Å². The highest BCUT2D eigenvalue weighted by atomic mass is 79.9. The fourth-order valence-corrected chi connectivity index (χ4v) is 3.25. The van der Waals surface area contributed by atoms with Crippen molar-refractivity contribution in [2.45, 2.75) is 18.4 Å². The van der Waals surface area contributed by atoms with Gasteiger partial charge < -0.3 is 4.74 Å². The molecule has 21 heavy (non-hydrogen) atoms. The molecule has 112 valence electrons. The molecular weight excluding hydrogens is 383 g/mol. The zero-order valence-electron chi connectivity index (χ0n) is 10.9. The summed E-state index contributed by atoms with van der Waals surface area (Å²) in [4.78, 5) is -0.132. The first-order valence-corrected chi connectivity index (χ1v) is 8.99. The van der Waals surface area contributed by atoms with E-state index in [2.05, 4.69) is 15.9 Å². The van der Waals surface area contributed by atoms with Crippen LogP contribution in [0.25, 0.3) is 0 Å². The van der Waals surface area contributed by atoms with Crippen LogP contribution in [-0.2, 0) is 15.7 Å². The van der Waals surface area contributed by atoms with Crippen LogP contribution in [0, 0.1) is 12.7 Å². The first kappa shape index (κ1) is 16.3. The SMILES string of the molecule is Cc1ccc(F)cc1COc1ccc(Br)cc1S(=O)(=O)Cl. The lowest BCUT2D eigenvalue weighted by atomic mass is 10.1. The van der Waals surface area contributed by atoms with Gasteiger partial charge in [0.25, 0.3) is 9.05 Å². The fourth-order valence-electron chi connectivity index (χ4n) is 1.74. The van der Waals surface area contributed by atoms with Crippen molar-refractivity contribution in [3.8, 4) is 5.75 Å². The second kappa shape index (κ2) is 6.34. The molecule has 0 unspecified atom stereocenters. The molecule has 0 aliphatic heterocycles. The van der Waals surface area contributed by atoms with E-state index in [1.54, 1.807) is 12.1 Å². The van der Waals surface area contributed by atoms with Gasteiger partial charge in [-0.3, -0.25) is 0 Å². The minimum Gasteiger partial charge on any atom is -0.487 e. The Morgan fingerprint density at radius 3 is 2.62 bits per heavy atom. The molecule has 0 N–H and O–H groups in total. The largest absolute Gasteiger partial charge is 0.487 e. The average molecular weight is 394 g/mol. The smallest absolute Gasteiger partial charge is 0.265 e. The van der Waals surface area contributed by atoms with Crippen LogP contribution in [0.4, 0.5) is 4.39 Å². The number of ether oxygens (including phenoxy) is 1. The maximum Gasteiger partial charge on any atom is 0.265 e. The van der Waals surface area contributed by atoms with Crippen LogP contribution >= 0.6 is 26.6 Å². The van der Waals surface area contributed by atoms with Crippen molar-refractivity contribution in [2.75, 3.05) is 0 Å². The summed E-state index contributed by atoms with van der Waals surface area (Å²) in [6.07, 6.45) is 0. The van der Waals surface area contributed by atoms with Gasteiger partial charge in [-0.15, -0.1) is 0 Å². The summed E-state index contributed by atoms with van der Waals surface area (Å²) in [5.74, 6) is -0.253. The van der Waals surface area contributed by atoms with E-state index < -0.39 is 9.05 Å². The van der Waals surface area contributed by atoms with Gasteiger partial charge in [0, 0.05) is 15.2 Å². The molecule has 2 aromatic rings. The number of hydrogen-bond acceptors (Lipinski definition) is 3. The van der Waals surface area contributed by atoms with Gasteiger partial charge in [0.2, 0.25) is 0 Å². The summed E-state index contributed by atoms with van der Waals surface area (Å²) in [5, 5.41) is 0. The highest BCUT2D eigenvalue weighted by Gasteiger charge is 2.17. The lowest BCUT2D eigenvalue weighted by Crippen LogP contribution is -2.02. The molecule has 0 aliphatic rings. The summed E-state index contributed by atoms with van der Waals surface area (Å²) < 4.78 is 42.4. The van der Waals surface area contributed by atoms with Gasteiger partial charge in [0.1, 0.15) is 23.1 Å². The number of rotatable bonds is 4. The monoisotopic (exact) mass is 392 g/mol. The van der Waals surface area contributed by atoms with Crippen LogP contribution in [-0.4, -0.2) is 8.42 Å². The van der Waals surface area contributed by atoms with Crippen molar-refractivity contribution in [3.05, 3.63) is 57.8 Å². The van der Waals surface area contributed by atoms with Crippen LogP contribution in [0.3, 0.4) is 0 Å². The van der Waals surface area contributed by atoms with Crippen molar-refractivity contribution in [3.63, 3.8) is 0 Å². The first-order chi connectivity index (χ1) is 9.77. The van der Waals surface area contributed by atoms with Crippen LogP contribution in [0.5, 0.6) is 5.75 Å². The van der Waals surface area contributed by atoms with Crippen molar-refractivity contribution in [2.24, 2.45) is 0 Å². The van der Waals surface area contributed by atoms with Gasteiger partial charge in [0.05, 0.1) is 0 Å². The predicted molar refractivity (Wildman–Crippen MR) is 82.6 cm³/mol. The molecule has 0 amide bonds. The Balaban J connectivity index is 2.30. The molecule has 0 aromatic heterocycles. The molecule has 0 fully saturated rings. The molecule has 0 saturated carbocycles. The van der Waals surface area contributed by atoms with Gasteiger partial charge >= 0.3 is 0 Å². The Hall–Kier alpha value is -1.11. The van der Waals surface area contributed by atoms with Gasteiger partial charge in [-0.1, -0.05) is 22.0 Å². The Bertz CT molecular complexity index is 778. The fraction of sp³-hybridized carbons (Fsp3) is 0.143. The third kappa shape index (κ3) is 4.18. The van der Waals surface area contributed by atoms with E-state index in [9.17, 15) is 12.8 Å². The van der Waals surface area contributed by atoms with Crippen LogP contribution < -0.4 is 4.74 Å². The second-order valence-corrected chi connectivity index (χ2v) is 7.84. The Labute approximate surface area is 135 Å². The molecule has 0 radical (unpaired) electrons. The first-order valence-electron chi connectivity index (χ1n) is 5.89. The summed E-state index contributed by atoms with van der Waals surface area (Å²) in [6.45, 7) is 1.86. The zero-order chi connectivity index (χ0) is 15.6. The lowest BCUT2D eigenvalue weighted by Gasteiger charge is -2.11. The molecule has 0 atom stereocenters. The van der Waals surface area contributed by atoms with E-state index in [1.165, 1.54) is 24.3 Å². The Morgan fingerprint density at radius 1 is 1.24 bits per heavy atom. The molecular formula is C14H11BrClFO3S. The molecule has 2 aromatic carbocycles. The Kier molecular flexibility index (Phi) is 4.91.